The average molecular weight is 185 g/mol. The fourth-order valence-electron chi connectivity index (χ4n) is 0.351. The van der Waals surface area contributed by atoms with Crippen LogP contribution in [0.15, 0.2) is 0 Å². The van der Waals surface area contributed by atoms with E-state index in [2.05, 4.69) is 0 Å². The zero-order chi connectivity index (χ0) is 8.15. The first-order valence-electron chi connectivity index (χ1n) is 2.52. The number of carbonyl (C=O) groups is 2. The van der Waals surface area contributed by atoms with Crippen LogP contribution in [0.2, 0.25) is 0 Å². The van der Waals surface area contributed by atoms with E-state index in [0.29, 0.717) is 0 Å². The molecule has 58 valence electrons. The molecule has 0 aromatic heterocycles. The molecule has 0 saturated carbocycles. The predicted octanol–water partition coefficient (Wildman–Crippen LogP) is 0.876. The van der Waals surface area contributed by atoms with E-state index in [1.165, 1.54) is 0 Å². The molecule has 0 saturated heterocycles. The standard InChI is InChI=1S/C5H6Cl2O3/c6-2-4(8)3(7)1-5(9)10/h3H,1-2H2,(H,9,10)/t3-/m1/s1. The van der Waals surface area contributed by atoms with Gasteiger partial charge in [0.05, 0.1) is 12.3 Å². The lowest BCUT2D eigenvalue weighted by Crippen LogP contribution is -2.19. The smallest absolute Gasteiger partial charge is 0.305 e. The third-order valence-corrected chi connectivity index (χ3v) is 1.50. The van der Waals surface area contributed by atoms with Gasteiger partial charge < -0.3 is 5.11 Å². The summed E-state index contributed by atoms with van der Waals surface area (Å²) in [5, 5.41) is 7.16. The highest BCUT2D eigenvalue weighted by molar-refractivity contribution is 6.38. The summed E-state index contributed by atoms with van der Waals surface area (Å²) in [4.78, 5) is 20.5. The molecule has 0 aliphatic carbocycles. The molecule has 10 heavy (non-hydrogen) atoms. The Morgan fingerprint density at radius 2 is 2.00 bits per heavy atom. The average Bonchev–Trinajstić information content (AvgIpc) is 1.85. The molecule has 1 atom stereocenters. The van der Waals surface area contributed by atoms with Crippen LogP contribution in [0.1, 0.15) is 6.42 Å². The lowest BCUT2D eigenvalue weighted by atomic mass is 10.2. The second kappa shape index (κ2) is 4.52. The summed E-state index contributed by atoms with van der Waals surface area (Å²) in [5.74, 6) is -1.79. The predicted molar refractivity (Wildman–Crippen MR) is 37.6 cm³/mol. The summed E-state index contributed by atoms with van der Waals surface area (Å²) in [7, 11) is 0. The summed E-state index contributed by atoms with van der Waals surface area (Å²) >= 11 is 10.4. The maximum atomic E-state index is 10.5. The minimum atomic E-state index is -1.10. The SMILES string of the molecule is O=C(O)C[C@@H](Cl)C(=O)CCl. The van der Waals surface area contributed by atoms with E-state index in [0.717, 1.165) is 0 Å². The number of Topliss-reactive ketones (excluding diaryl/α,β-unsaturated/α-hetero) is 1. The Labute approximate surface area is 67.9 Å². The van der Waals surface area contributed by atoms with Gasteiger partial charge in [0.1, 0.15) is 5.38 Å². The molecule has 0 fully saturated rings. The van der Waals surface area contributed by atoms with E-state index in [1.54, 1.807) is 0 Å². The number of halogens is 2. The van der Waals surface area contributed by atoms with Crippen LogP contribution >= 0.6 is 23.2 Å². The van der Waals surface area contributed by atoms with E-state index in [1.807, 2.05) is 0 Å². The van der Waals surface area contributed by atoms with Crippen LogP contribution < -0.4 is 0 Å². The molecule has 3 nitrogen and oxygen atoms in total. The fourth-order valence-corrected chi connectivity index (χ4v) is 0.825. The molecule has 0 aromatic carbocycles. The van der Waals surface area contributed by atoms with Gasteiger partial charge in [0.15, 0.2) is 5.78 Å². The summed E-state index contributed by atoms with van der Waals surface area (Å²) in [6.07, 6.45) is -0.368. The van der Waals surface area contributed by atoms with Crippen LogP contribution in [0.5, 0.6) is 0 Å². The minimum Gasteiger partial charge on any atom is -0.481 e. The normalized spacial score (nSPS) is 12.6. The second-order valence-corrected chi connectivity index (χ2v) is 2.46. The Morgan fingerprint density at radius 1 is 1.50 bits per heavy atom. The van der Waals surface area contributed by atoms with Crippen molar-refractivity contribution in [3.63, 3.8) is 0 Å². The van der Waals surface area contributed by atoms with E-state index < -0.39 is 17.1 Å². The summed E-state index contributed by atoms with van der Waals surface area (Å²) < 4.78 is 0. The van der Waals surface area contributed by atoms with Crippen LogP contribution in [0.3, 0.4) is 0 Å². The first-order valence-corrected chi connectivity index (χ1v) is 3.49. The zero-order valence-corrected chi connectivity index (χ0v) is 6.52. The van der Waals surface area contributed by atoms with Gasteiger partial charge in [-0.25, -0.2) is 0 Å². The number of carboxylic acid groups (broad SMARTS) is 1. The Bertz CT molecular complexity index is 146. The number of alkyl halides is 2. The molecule has 5 heteroatoms. The van der Waals surface area contributed by atoms with Crippen molar-refractivity contribution in [3.8, 4) is 0 Å². The van der Waals surface area contributed by atoms with Crippen molar-refractivity contribution >= 4 is 35.0 Å². The van der Waals surface area contributed by atoms with Gasteiger partial charge in [-0.2, -0.15) is 0 Å². The molecule has 0 heterocycles. The topological polar surface area (TPSA) is 54.4 Å². The number of aliphatic carboxylic acids is 1. The Kier molecular flexibility index (Phi) is 4.40. The van der Waals surface area contributed by atoms with Crippen molar-refractivity contribution in [2.75, 3.05) is 5.88 Å². The molecule has 0 unspecified atom stereocenters. The van der Waals surface area contributed by atoms with E-state index >= 15 is 0 Å². The van der Waals surface area contributed by atoms with Gasteiger partial charge in [0, 0.05) is 0 Å². The van der Waals surface area contributed by atoms with Gasteiger partial charge in [0.25, 0.3) is 0 Å². The summed E-state index contributed by atoms with van der Waals surface area (Å²) in [6.45, 7) is 0. The van der Waals surface area contributed by atoms with Crippen LogP contribution in [0, 0.1) is 0 Å². The molecule has 0 rings (SSSR count). The highest BCUT2D eigenvalue weighted by Crippen LogP contribution is 2.04. The highest BCUT2D eigenvalue weighted by atomic mass is 35.5. The van der Waals surface area contributed by atoms with Crippen LogP contribution in [0.25, 0.3) is 0 Å². The van der Waals surface area contributed by atoms with Crippen molar-refractivity contribution < 1.29 is 14.7 Å². The second-order valence-electron chi connectivity index (χ2n) is 1.67. The summed E-state index contributed by atoms with van der Waals surface area (Å²) in [5.41, 5.74) is 0. The quantitative estimate of drug-likeness (QED) is 0.661. The molecule has 0 radical (unpaired) electrons. The third-order valence-electron chi connectivity index (χ3n) is 0.835. The van der Waals surface area contributed by atoms with Crippen molar-refractivity contribution in [1.82, 2.24) is 0 Å². The fraction of sp³-hybridized carbons (Fsp3) is 0.600. The molecule has 0 bridgehead atoms. The van der Waals surface area contributed by atoms with Crippen molar-refractivity contribution in [2.45, 2.75) is 11.8 Å². The molecule has 0 amide bonds. The Hall–Kier alpha value is -0.280. The van der Waals surface area contributed by atoms with Gasteiger partial charge in [-0.3, -0.25) is 9.59 Å². The first-order chi connectivity index (χ1) is 4.57. The van der Waals surface area contributed by atoms with Crippen LogP contribution in [-0.4, -0.2) is 28.1 Å². The Morgan fingerprint density at radius 3 is 2.30 bits per heavy atom. The van der Waals surface area contributed by atoms with Crippen LogP contribution in [0.4, 0.5) is 0 Å². The molecule has 0 aliphatic heterocycles. The van der Waals surface area contributed by atoms with Crippen molar-refractivity contribution in [2.24, 2.45) is 0 Å². The van der Waals surface area contributed by atoms with E-state index in [9.17, 15) is 9.59 Å². The number of carbonyl (C=O) groups excluding carboxylic acids is 1. The van der Waals surface area contributed by atoms with Crippen molar-refractivity contribution in [1.29, 1.82) is 0 Å². The third kappa shape index (κ3) is 3.69. The van der Waals surface area contributed by atoms with Gasteiger partial charge in [0.2, 0.25) is 0 Å². The molecular weight excluding hydrogens is 179 g/mol. The van der Waals surface area contributed by atoms with E-state index in [4.69, 9.17) is 28.3 Å². The number of rotatable bonds is 4. The van der Waals surface area contributed by atoms with Gasteiger partial charge in [-0.05, 0) is 0 Å². The maximum Gasteiger partial charge on any atom is 0.305 e. The molecule has 0 aliphatic rings. The lowest BCUT2D eigenvalue weighted by molar-refractivity contribution is -0.138. The van der Waals surface area contributed by atoms with E-state index in [-0.39, 0.29) is 12.3 Å². The number of hydrogen-bond donors (Lipinski definition) is 1. The first kappa shape index (κ1) is 9.72. The molecular formula is C5H6Cl2O3. The van der Waals surface area contributed by atoms with Crippen LogP contribution in [-0.2, 0) is 9.59 Å². The number of hydrogen-bond acceptors (Lipinski definition) is 2. The van der Waals surface area contributed by atoms with Crippen molar-refractivity contribution in [3.05, 3.63) is 0 Å². The zero-order valence-electron chi connectivity index (χ0n) is 5.01. The lowest BCUT2D eigenvalue weighted by Gasteiger charge is -2.00. The molecule has 0 spiro atoms. The highest BCUT2D eigenvalue weighted by Gasteiger charge is 2.16. The minimum absolute atomic E-state index is 0.235. The monoisotopic (exact) mass is 184 g/mol. The van der Waals surface area contributed by atoms with Gasteiger partial charge >= 0.3 is 5.97 Å². The number of carboxylic acids is 1. The van der Waals surface area contributed by atoms with Gasteiger partial charge in [-0.15, -0.1) is 23.2 Å². The maximum absolute atomic E-state index is 10.5. The largest absolute Gasteiger partial charge is 0.481 e. The Balaban J connectivity index is 3.72. The number of ketones is 1. The molecule has 0 aromatic rings. The van der Waals surface area contributed by atoms with Gasteiger partial charge in [-0.1, -0.05) is 0 Å². The molecule has 1 N–H and O–H groups in total. The summed E-state index contributed by atoms with van der Waals surface area (Å²) in [6, 6.07) is 0.